The molecule has 0 radical (unpaired) electrons. The van der Waals surface area contributed by atoms with Crippen molar-refractivity contribution in [1.29, 1.82) is 0 Å². The number of nitrogens with one attached hydrogen (secondary N) is 1. The average molecular weight is 376 g/mol. The molecule has 0 saturated carbocycles. The van der Waals surface area contributed by atoms with Gasteiger partial charge in [-0.2, -0.15) is 8.78 Å². The van der Waals surface area contributed by atoms with Crippen molar-refractivity contribution in [2.24, 2.45) is 0 Å². The maximum absolute atomic E-state index is 12.7. The lowest BCUT2D eigenvalue weighted by atomic mass is 10.2. The molecule has 0 aliphatic rings. The standard InChI is InChI=1S/C19H18F2N2O2S/c1-12-10-15(13(2)23(12)11-14-6-5-9-25-14)18(24)22-16-7-3-4-8-17(16)26-19(20)21/h3-10,19H,11H2,1-2H3,(H,22,24). The molecule has 1 N–H and O–H groups in total. The Kier molecular flexibility index (Phi) is 5.46. The Hall–Kier alpha value is -2.54. The van der Waals surface area contributed by atoms with Crippen molar-refractivity contribution in [2.75, 3.05) is 5.32 Å². The Morgan fingerprint density at radius 3 is 2.69 bits per heavy atom. The summed E-state index contributed by atoms with van der Waals surface area (Å²) in [6.45, 7) is 4.29. The molecule has 26 heavy (non-hydrogen) atoms. The average Bonchev–Trinajstić information content (AvgIpc) is 3.20. The number of hydrogen-bond acceptors (Lipinski definition) is 3. The van der Waals surface area contributed by atoms with E-state index in [1.807, 2.05) is 30.5 Å². The van der Waals surface area contributed by atoms with Gasteiger partial charge in [-0.1, -0.05) is 23.9 Å². The zero-order chi connectivity index (χ0) is 18.7. The number of aromatic nitrogens is 1. The van der Waals surface area contributed by atoms with Crippen LogP contribution in [-0.4, -0.2) is 16.2 Å². The highest BCUT2D eigenvalue weighted by Crippen LogP contribution is 2.32. The van der Waals surface area contributed by atoms with Crippen molar-refractivity contribution in [1.82, 2.24) is 4.57 Å². The van der Waals surface area contributed by atoms with Crippen molar-refractivity contribution >= 4 is 23.4 Å². The molecule has 2 heterocycles. The molecular formula is C19H18F2N2O2S. The lowest BCUT2D eigenvalue weighted by molar-refractivity contribution is 0.102. The third kappa shape index (κ3) is 3.99. The Balaban J connectivity index is 1.83. The fourth-order valence-electron chi connectivity index (χ4n) is 2.79. The van der Waals surface area contributed by atoms with E-state index < -0.39 is 5.76 Å². The lowest BCUT2D eigenvalue weighted by Gasteiger charge is -2.11. The smallest absolute Gasteiger partial charge is 0.288 e. The molecule has 1 amide bonds. The van der Waals surface area contributed by atoms with E-state index >= 15 is 0 Å². The van der Waals surface area contributed by atoms with E-state index in [-0.39, 0.29) is 5.91 Å². The van der Waals surface area contributed by atoms with Crippen LogP contribution in [0, 0.1) is 13.8 Å². The number of thioether (sulfide) groups is 1. The Bertz CT molecular complexity index is 904. The molecule has 3 rings (SSSR count). The van der Waals surface area contributed by atoms with Crippen molar-refractivity contribution in [2.45, 2.75) is 31.0 Å². The number of benzene rings is 1. The molecule has 136 valence electrons. The topological polar surface area (TPSA) is 47.2 Å². The van der Waals surface area contributed by atoms with Crippen LogP contribution in [0.15, 0.2) is 58.0 Å². The Morgan fingerprint density at radius 2 is 2.00 bits per heavy atom. The second-order valence-electron chi connectivity index (χ2n) is 5.78. The fourth-order valence-corrected chi connectivity index (χ4v) is 3.39. The molecule has 2 aromatic heterocycles. The normalized spacial score (nSPS) is 11.1. The first-order valence-electron chi connectivity index (χ1n) is 8.00. The SMILES string of the molecule is Cc1cc(C(=O)Nc2ccccc2SC(F)F)c(C)n1Cc1ccco1. The summed E-state index contributed by atoms with van der Waals surface area (Å²) in [5, 5.41) is 2.74. The van der Waals surface area contributed by atoms with Crippen LogP contribution < -0.4 is 5.32 Å². The largest absolute Gasteiger partial charge is 0.467 e. The first-order valence-corrected chi connectivity index (χ1v) is 8.88. The summed E-state index contributed by atoms with van der Waals surface area (Å²) in [7, 11) is 0. The first-order chi connectivity index (χ1) is 12.5. The highest BCUT2D eigenvalue weighted by molar-refractivity contribution is 7.99. The third-order valence-electron chi connectivity index (χ3n) is 4.06. The Labute approximate surface area is 154 Å². The molecule has 7 heteroatoms. The summed E-state index contributed by atoms with van der Waals surface area (Å²) in [5.74, 6) is -2.09. The maximum atomic E-state index is 12.7. The maximum Gasteiger partial charge on any atom is 0.288 e. The van der Waals surface area contributed by atoms with Crippen LogP contribution in [0.3, 0.4) is 0 Å². The monoisotopic (exact) mass is 376 g/mol. The van der Waals surface area contributed by atoms with Gasteiger partial charge in [0, 0.05) is 16.3 Å². The number of carbonyl (C=O) groups is 1. The van der Waals surface area contributed by atoms with E-state index in [0.717, 1.165) is 17.1 Å². The van der Waals surface area contributed by atoms with Crippen LogP contribution in [0.5, 0.6) is 0 Å². The number of amides is 1. The van der Waals surface area contributed by atoms with Gasteiger partial charge in [-0.25, -0.2) is 0 Å². The summed E-state index contributed by atoms with van der Waals surface area (Å²) in [5.41, 5.74) is 2.58. The van der Waals surface area contributed by atoms with E-state index in [1.165, 1.54) is 0 Å². The van der Waals surface area contributed by atoms with Gasteiger partial charge < -0.3 is 14.3 Å². The number of nitrogens with zero attached hydrogens (tertiary/aromatic N) is 1. The van der Waals surface area contributed by atoms with Crippen LogP contribution in [0.4, 0.5) is 14.5 Å². The third-order valence-corrected chi connectivity index (χ3v) is 4.85. The predicted octanol–water partition coefficient (Wildman–Crippen LogP) is 5.31. The van der Waals surface area contributed by atoms with Crippen molar-refractivity contribution < 1.29 is 18.0 Å². The van der Waals surface area contributed by atoms with Gasteiger partial charge in [-0.15, -0.1) is 0 Å². The summed E-state index contributed by atoms with van der Waals surface area (Å²) in [6, 6.07) is 12.0. The molecule has 0 unspecified atom stereocenters. The van der Waals surface area contributed by atoms with Gasteiger partial charge >= 0.3 is 0 Å². The number of para-hydroxylation sites is 1. The predicted molar refractivity (Wildman–Crippen MR) is 98.0 cm³/mol. The van der Waals surface area contributed by atoms with Gasteiger partial charge in [0.1, 0.15) is 5.76 Å². The van der Waals surface area contributed by atoms with E-state index in [2.05, 4.69) is 5.32 Å². The number of hydrogen-bond donors (Lipinski definition) is 1. The highest BCUT2D eigenvalue weighted by atomic mass is 32.2. The molecule has 4 nitrogen and oxygen atoms in total. The lowest BCUT2D eigenvalue weighted by Crippen LogP contribution is -2.14. The molecule has 1 aromatic carbocycles. The summed E-state index contributed by atoms with van der Waals surface area (Å²) < 4.78 is 32.7. The van der Waals surface area contributed by atoms with Gasteiger partial charge in [-0.05, 0) is 44.2 Å². The van der Waals surface area contributed by atoms with Gasteiger partial charge in [0.25, 0.3) is 11.7 Å². The number of rotatable bonds is 6. The van der Waals surface area contributed by atoms with Crippen LogP contribution in [0.2, 0.25) is 0 Å². The van der Waals surface area contributed by atoms with Crippen molar-refractivity contribution in [3.8, 4) is 0 Å². The molecule has 3 aromatic rings. The number of furan rings is 1. The number of anilines is 1. The second-order valence-corrected chi connectivity index (χ2v) is 6.81. The van der Waals surface area contributed by atoms with Gasteiger partial charge in [0.05, 0.1) is 24.1 Å². The van der Waals surface area contributed by atoms with E-state index in [0.29, 0.717) is 34.5 Å². The minimum absolute atomic E-state index is 0.328. The number of carbonyl (C=O) groups excluding carboxylic acids is 1. The van der Waals surface area contributed by atoms with E-state index in [1.54, 1.807) is 36.6 Å². The van der Waals surface area contributed by atoms with Crippen LogP contribution in [0.1, 0.15) is 27.5 Å². The highest BCUT2D eigenvalue weighted by Gasteiger charge is 2.18. The number of halogens is 2. The van der Waals surface area contributed by atoms with Crippen LogP contribution in [-0.2, 0) is 6.54 Å². The van der Waals surface area contributed by atoms with Crippen LogP contribution >= 0.6 is 11.8 Å². The number of aryl methyl sites for hydroxylation is 1. The quantitative estimate of drug-likeness (QED) is 0.593. The van der Waals surface area contributed by atoms with E-state index in [9.17, 15) is 13.6 Å². The molecular weight excluding hydrogens is 358 g/mol. The molecule has 0 saturated heterocycles. The van der Waals surface area contributed by atoms with Crippen LogP contribution in [0.25, 0.3) is 0 Å². The van der Waals surface area contributed by atoms with Crippen molar-refractivity contribution in [3.05, 3.63) is 71.4 Å². The number of alkyl halides is 2. The molecule has 0 aliphatic heterocycles. The fraction of sp³-hybridized carbons (Fsp3) is 0.211. The first kappa shape index (κ1) is 18.3. The zero-order valence-corrected chi connectivity index (χ0v) is 15.1. The second kappa shape index (κ2) is 7.78. The van der Waals surface area contributed by atoms with Crippen molar-refractivity contribution in [3.63, 3.8) is 0 Å². The van der Waals surface area contributed by atoms with Gasteiger partial charge in [-0.3, -0.25) is 4.79 Å². The molecule has 0 atom stereocenters. The van der Waals surface area contributed by atoms with Gasteiger partial charge in [0.2, 0.25) is 0 Å². The van der Waals surface area contributed by atoms with E-state index in [4.69, 9.17) is 4.42 Å². The molecule has 0 spiro atoms. The van der Waals surface area contributed by atoms with Gasteiger partial charge in [0.15, 0.2) is 0 Å². The molecule has 0 fully saturated rings. The molecule has 0 aliphatic carbocycles. The summed E-state index contributed by atoms with van der Waals surface area (Å²) in [4.78, 5) is 13.0. The zero-order valence-electron chi connectivity index (χ0n) is 14.3. The molecule has 0 bridgehead atoms. The summed E-state index contributed by atoms with van der Waals surface area (Å²) in [6.07, 6.45) is 1.61. The summed E-state index contributed by atoms with van der Waals surface area (Å²) >= 11 is 0.412. The Morgan fingerprint density at radius 1 is 1.23 bits per heavy atom. The minimum Gasteiger partial charge on any atom is -0.467 e. The minimum atomic E-state index is -2.55.